The van der Waals surface area contributed by atoms with Gasteiger partial charge in [-0.15, -0.1) is 0 Å². The first kappa shape index (κ1) is 17.3. The number of hydrogen-bond acceptors (Lipinski definition) is 2. The summed E-state index contributed by atoms with van der Waals surface area (Å²) in [6, 6.07) is 10.1. The van der Waals surface area contributed by atoms with Crippen LogP contribution in [0.25, 0.3) is 0 Å². The molecule has 23 heavy (non-hydrogen) atoms. The van der Waals surface area contributed by atoms with Crippen molar-refractivity contribution in [1.82, 2.24) is 14.7 Å². The van der Waals surface area contributed by atoms with Crippen molar-refractivity contribution in [2.24, 2.45) is 5.92 Å². The topological polar surface area (TPSA) is 38.1 Å². The summed E-state index contributed by atoms with van der Waals surface area (Å²) in [7, 11) is 0. The molecule has 0 bridgehead atoms. The van der Waals surface area contributed by atoms with Crippen LogP contribution in [0.2, 0.25) is 0 Å². The lowest BCUT2D eigenvalue weighted by atomic mass is 10.1. The summed E-state index contributed by atoms with van der Waals surface area (Å²) >= 11 is 0. The predicted molar refractivity (Wildman–Crippen MR) is 93.4 cm³/mol. The van der Waals surface area contributed by atoms with Gasteiger partial charge >= 0.3 is 0 Å². The molecule has 0 radical (unpaired) electrons. The smallest absolute Gasteiger partial charge is 0.272 e. The molecule has 0 atom stereocenters. The Balaban J connectivity index is 2.30. The SMILES string of the molecule is CCn1nc(C)cc1C(=O)N(Cc1ccccc1C)CC(C)C. The van der Waals surface area contributed by atoms with E-state index in [1.807, 2.05) is 36.9 Å². The highest BCUT2D eigenvalue weighted by molar-refractivity contribution is 5.92. The van der Waals surface area contributed by atoms with E-state index in [1.54, 1.807) is 4.68 Å². The molecule has 0 N–H and O–H groups in total. The van der Waals surface area contributed by atoms with Crippen LogP contribution in [-0.2, 0) is 13.1 Å². The highest BCUT2D eigenvalue weighted by Gasteiger charge is 2.21. The maximum Gasteiger partial charge on any atom is 0.272 e. The molecule has 2 rings (SSSR count). The molecular weight excluding hydrogens is 286 g/mol. The van der Waals surface area contributed by atoms with Crippen molar-refractivity contribution in [3.8, 4) is 0 Å². The van der Waals surface area contributed by atoms with Crippen LogP contribution in [0.3, 0.4) is 0 Å². The van der Waals surface area contributed by atoms with Gasteiger partial charge in [-0.1, -0.05) is 38.1 Å². The van der Waals surface area contributed by atoms with Gasteiger partial charge in [0.2, 0.25) is 0 Å². The third-order valence-corrected chi connectivity index (χ3v) is 3.92. The Hall–Kier alpha value is -2.10. The number of nitrogens with zero attached hydrogens (tertiary/aromatic N) is 3. The van der Waals surface area contributed by atoms with Crippen LogP contribution in [0.4, 0.5) is 0 Å². The molecule has 0 spiro atoms. The fourth-order valence-electron chi connectivity index (χ4n) is 2.77. The number of rotatable bonds is 6. The fourth-order valence-corrected chi connectivity index (χ4v) is 2.77. The normalized spacial score (nSPS) is 11.0. The van der Waals surface area contributed by atoms with Crippen LogP contribution in [0.5, 0.6) is 0 Å². The van der Waals surface area contributed by atoms with E-state index < -0.39 is 0 Å². The molecule has 0 saturated heterocycles. The minimum absolute atomic E-state index is 0.0596. The van der Waals surface area contributed by atoms with Crippen molar-refractivity contribution < 1.29 is 4.79 Å². The number of amides is 1. The van der Waals surface area contributed by atoms with E-state index in [1.165, 1.54) is 11.1 Å². The van der Waals surface area contributed by atoms with E-state index in [-0.39, 0.29) is 5.91 Å². The first-order chi connectivity index (χ1) is 10.9. The van der Waals surface area contributed by atoms with Crippen molar-refractivity contribution in [3.05, 3.63) is 52.8 Å². The minimum Gasteiger partial charge on any atom is -0.333 e. The Morgan fingerprint density at radius 1 is 1.26 bits per heavy atom. The maximum absolute atomic E-state index is 13.1. The predicted octanol–water partition coefficient (Wildman–Crippen LogP) is 3.82. The van der Waals surface area contributed by atoms with Gasteiger partial charge in [-0.2, -0.15) is 5.10 Å². The first-order valence-corrected chi connectivity index (χ1v) is 8.30. The van der Waals surface area contributed by atoms with E-state index in [0.717, 1.165) is 12.2 Å². The van der Waals surface area contributed by atoms with Crippen LogP contribution in [0.15, 0.2) is 30.3 Å². The van der Waals surface area contributed by atoms with Gasteiger partial charge < -0.3 is 4.90 Å². The van der Waals surface area contributed by atoms with E-state index in [4.69, 9.17) is 0 Å². The lowest BCUT2D eigenvalue weighted by Crippen LogP contribution is -2.35. The molecule has 4 nitrogen and oxygen atoms in total. The molecular formula is C19H27N3O. The highest BCUT2D eigenvalue weighted by atomic mass is 16.2. The Bertz CT molecular complexity index is 673. The Kier molecular flexibility index (Phi) is 5.59. The molecule has 0 saturated carbocycles. The monoisotopic (exact) mass is 313 g/mol. The van der Waals surface area contributed by atoms with Gasteiger partial charge in [0.25, 0.3) is 5.91 Å². The molecule has 0 fully saturated rings. The second kappa shape index (κ2) is 7.44. The number of aryl methyl sites for hydroxylation is 3. The molecule has 1 aromatic heterocycles. The Morgan fingerprint density at radius 2 is 1.96 bits per heavy atom. The van der Waals surface area contributed by atoms with Crippen molar-refractivity contribution in [2.75, 3.05) is 6.54 Å². The third-order valence-electron chi connectivity index (χ3n) is 3.92. The van der Waals surface area contributed by atoms with Gasteiger partial charge in [0.15, 0.2) is 0 Å². The summed E-state index contributed by atoms with van der Waals surface area (Å²) in [6.07, 6.45) is 0. The van der Waals surface area contributed by atoms with Crippen molar-refractivity contribution >= 4 is 5.91 Å². The summed E-state index contributed by atoms with van der Waals surface area (Å²) in [5.41, 5.74) is 3.98. The van der Waals surface area contributed by atoms with Crippen LogP contribution in [-0.4, -0.2) is 27.1 Å². The van der Waals surface area contributed by atoms with Crippen molar-refractivity contribution in [1.29, 1.82) is 0 Å². The molecule has 0 aliphatic heterocycles. The van der Waals surface area contributed by atoms with Crippen LogP contribution in [0, 0.1) is 19.8 Å². The number of carbonyl (C=O) groups excluding carboxylic acids is 1. The molecule has 2 aromatic rings. The van der Waals surface area contributed by atoms with Crippen LogP contribution < -0.4 is 0 Å². The first-order valence-electron chi connectivity index (χ1n) is 8.30. The molecule has 1 amide bonds. The number of aromatic nitrogens is 2. The molecule has 0 aliphatic carbocycles. The van der Waals surface area contributed by atoms with Gasteiger partial charge in [0.05, 0.1) is 5.69 Å². The molecule has 0 aliphatic rings. The maximum atomic E-state index is 13.1. The summed E-state index contributed by atoms with van der Waals surface area (Å²) in [6.45, 7) is 12.4. The average Bonchev–Trinajstić information content (AvgIpc) is 2.88. The number of benzene rings is 1. The molecule has 0 unspecified atom stereocenters. The van der Waals surface area contributed by atoms with Crippen LogP contribution in [0.1, 0.15) is 48.1 Å². The number of carbonyl (C=O) groups is 1. The van der Waals surface area contributed by atoms with Gasteiger partial charge in [-0.05, 0) is 43.9 Å². The van der Waals surface area contributed by atoms with E-state index in [0.29, 0.717) is 24.7 Å². The van der Waals surface area contributed by atoms with Crippen molar-refractivity contribution in [2.45, 2.75) is 47.7 Å². The standard InChI is InChI=1S/C19H27N3O/c1-6-22-18(11-16(5)20-22)19(23)21(12-14(2)3)13-17-10-8-7-9-15(17)4/h7-11,14H,6,12-13H2,1-5H3. The highest BCUT2D eigenvalue weighted by Crippen LogP contribution is 2.16. The second-order valence-electron chi connectivity index (χ2n) is 6.49. The zero-order valence-electron chi connectivity index (χ0n) is 14.8. The molecule has 1 heterocycles. The quantitative estimate of drug-likeness (QED) is 0.813. The minimum atomic E-state index is 0.0596. The van der Waals surface area contributed by atoms with E-state index in [2.05, 4.69) is 38.0 Å². The van der Waals surface area contributed by atoms with Gasteiger partial charge in [0, 0.05) is 19.6 Å². The molecule has 1 aromatic carbocycles. The third kappa shape index (κ3) is 4.21. The summed E-state index contributed by atoms with van der Waals surface area (Å²) in [5.74, 6) is 0.478. The van der Waals surface area contributed by atoms with E-state index in [9.17, 15) is 4.79 Å². The van der Waals surface area contributed by atoms with Gasteiger partial charge in [0.1, 0.15) is 5.69 Å². The molecule has 124 valence electrons. The second-order valence-corrected chi connectivity index (χ2v) is 6.49. The Labute approximate surface area is 139 Å². The average molecular weight is 313 g/mol. The Morgan fingerprint density at radius 3 is 2.57 bits per heavy atom. The molecule has 4 heteroatoms. The summed E-state index contributed by atoms with van der Waals surface area (Å²) in [4.78, 5) is 15.0. The lowest BCUT2D eigenvalue weighted by Gasteiger charge is -2.25. The zero-order valence-corrected chi connectivity index (χ0v) is 14.8. The summed E-state index contributed by atoms with van der Waals surface area (Å²) in [5, 5.41) is 4.41. The van der Waals surface area contributed by atoms with E-state index >= 15 is 0 Å². The zero-order chi connectivity index (χ0) is 17.0. The van der Waals surface area contributed by atoms with Gasteiger partial charge in [-0.25, -0.2) is 0 Å². The fraction of sp³-hybridized carbons (Fsp3) is 0.474. The largest absolute Gasteiger partial charge is 0.333 e. The summed E-state index contributed by atoms with van der Waals surface area (Å²) < 4.78 is 1.79. The van der Waals surface area contributed by atoms with Crippen LogP contribution >= 0.6 is 0 Å². The lowest BCUT2D eigenvalue weighted by molar-refractivity contribution is 0.0709. The van der Waals surface area contributed by atoms with Crippen molar-refractivity contribution in [3.63, 3.8) is 0 Å². The number of hydrogen-bond donors (Lipinski definition) is 0. The van der Waals surface area contributed by atoms with Gasteiger partial charge in [-0.3, -0.25) is 9.48 Å².